The SMILES string of the molecule is CCC(CC)C(=O)Oc1cc(I)ccc1OC. The summed E-state index contributed by atoms with van der Waals surface area (Å²) in [5, 5.41) is 0. The highest BCUT2D eigenvalue weighted by molar-refractivity contribution is 14.1. The molecular weight excluding hydrogens is 331 g/mol. The molecule has 3 nitrogen and oxygen atoms in total. The molecule has 0 atom stereocenters. The molecule has 0 saturated carbocycles. The number of halogens is 1. The van der Waals surface area contributed by atoms with Crippen LogP contribution in [0.25, 0.3) is 0 Å². The molecule has 0 heterocycles. The van der Waals surface area contributed by atoms with Gasteiger partial charge in [0.05, 0.1) is 13.0 Å². The minimum Gasteiger partial charge on any atom is -0.493 e. The Bertz CT molecular complexity index is 386. The first-order valence-corrected chi connectivity index (χ1v) is 6.75. The number of hydrogen-bond donors (Lipinski definition) is 0. The van der Waals surface area contributed by atoms with Crippen LogP contribution in [0.4, 0.5) is 0 Å². The summed E-state index contributed by atoms with van der Waals surface area (Å²) >= 11 is 2.17. The van der Waals surface area contributed by atoms with Gasteiger partial charge in [-0.1, -0.05) is 13.8 Å². The molecule has 0 spiro atoms. The molecule has 0 amide bonds. The van der Waals surface area contributed by atoms with E-state index in [0.29, 0.717) is 11.5 Å². The third kappa shape index (κ3) is 3.87. The van der Waals surface area contributed by atoms with Crippen molar-refractivity contribution in [2.24, 2.45) is 5.92 Å². The lowest BCUT2D eigenvalue weighted by Gasteiger charge is -2.13. The van der Waals surface area contributed by atoms with E-state index in [9.17, 15) is 4.79 Å². The van der Waals surface area contributed by atoms with E-state index >= 15 is 0 Å². The first-order chi connectivity index (χ1) is 8.12. The van der Waals surface area contributed by atoms with Crippen LogP contribution in [0.2, 0.25) is 0 Å². The predicted octanol–water partition coefficient (Wildman–Crippen LogP) is 3.64. The van der Waals surface area contributed by atoms with Crippen molar-refractivity contribution in [2.75, 3.05) is 7.11 Å². The van der Waals surface area contributed by atoms with Gasteiger partial charge in [-0.25, -0.2) is 0 Å². The van der Waals surface area contributed by atoms with Gasteiger partial charge in [0.2, 0.25) is 0 Å². The lowest BCUT2D eigenvalue weighted by molar-refractivity contribution is -0.139. The quantitative estimate of drug-likeness (QED) is 0.463. The molecule has 0 bridgehead atoms. The maximum atomic E-state index is 11.9. The average molecular weight is 348 g/mol. The number of methoxy groups -OCH3 is 1. The summed E-state index contributed by atoms with van der Waals surface area (Å²) in [5.41, 5.74) is 0. The number of esters is 1. The predicted molar refractivity (Wildman–Crippen MR) is 75.4 cm³/mol. The van der Waals surface area contributed by atoms with Gasteiger partial charge in [-0.15, -0.1) is 0 Å². The second kappa shape index (κ2) is 6.83. The fourth-order valence-electron chi connectivity index (χ4n) is 1.54. The van der Waals surface area contributed by atoms with Gasteiger partial charge in [-0.3, -0.25) is 4.79 Å². The Kier molecular flexibility index (Phi) is 5.74. The largest absolute Gasteiger partial charge is 0.493 e. The van der Waals surface area contributed by atoms with Crippen LogP contribution < -0.4 is 9.47 Å². The van der Waals surface area contributed by atoms with Crippen LogP contribution in [-0.4, -0.2) is 13.1 Å². The Morgan fingerprint density at radius 1 is 1.29 bits per heavy atom. The van der Waals surface area contributed by atoms with E-state index in [1.807, 2.05) is 19.9 Å². The van der Waals surface area contributed by atoms with Crippen LogP contribution in [0.15, 0.2) is 18.2 Å². The van der Waals surface area contributed by atoms with Crippen molar-refractivity contribution in [3.05, 3.63) is 21.8 Å². The third-order valence-electron chi connectivity index (χ3n) is 2.66. The molecular formula is C13H17IO3. The Hall–Kier alpha value is -0.780. The lowest BCUT2D eigenvalue weighted by Crippen LogP contribution is -2.19. The molecule has 94 valence electrons. The summed E-state index contributed by atoms with van der Waals surface area (Å²) in [6.45, 7) is 3.98. The lowest BCUT2D eigenvalue weighted by atomic mass is 10.0. The Morgan fingerprint density at radius 3 is 2.47 bits per heavy atom. The third-order valence-corrected chi connectivity index (χ3v) is 3.33. The Morgan fingerprint density at radius 2 is 1.94 bits per heavy atom. The smallest absolute Gasteiger partial charge is 0.314 e. The van der Waals surface area contributed by atoms with Crippen molar-refractivity contribution in [3.8, 4) is 11.5 Å². The van der Waals surface area contributed by atoms with Crippen molar-refractivity contribution < 1.29 is 14.3 Å². The molecule has 4 heteroatoms. The Labute approximate surface area is 116 Å². The fourth-order valence-corrected chi connectivity index (χ4v) is 2.01. The number of carbonyl (C=O) groups is 1. The van der Waals surface area contributed by atoms with Crippen LogP contribution in [0, 0.1) is 9.49 Å². The van der Waals surface area contributed by atoms with E-state index in [1.54, 1.807) is 19.2 Å². The topological polar surface area (TPSA) is 35.5 Å². The average Bonchev–Trinajstić information content (AvgIpc) is 2.31. The summed E-state index contributed by atoms with van der Waals surface area (Å²) in [4.78, 5) is 11.9. The van der Waals surface area contributed by atoms with Gasteiger partial charge >= 0.3 is 5.97 Å². The highest BCUT2D eigenvalue weighted by Crippen LogP contribution is 2.29. The number of carbonyl (C=O) groups excluding carboxylic acids is 1. The molecule has 0 aliphatic rings. The van der Waals surface area contributed by atoms with Gasteiger partial charge in [-0.2, -0.15) is 0 Å². The van der Waals surface area contributed by atoms with Crippen LogP contribution in [-0.2, 0) is 4.79 Å². The summed E-state index contributed by atoms with van der Waals surface area (Å²) < 4.78 is 11.6. The minimum absolute atomic E-state index is 0.0439. The molecule has 0 radical (unpaired) electrons. The first kappa shape index (κ1) is 14.3. The van der Waals surface area contributed by atoms with Crippen molar-refractivity contribution in [3.63, 3.8) is 0 Å². The second-order valence-electron chi connectivity index (χ2n) is 3.73. The van der Waals surface area contributed by atoms with Crippen LogP contribution >= 0.6 is 22.6 Å². The maximum Gasteiger partial charge on any atom is 0.314 e. The van der Waals surface area contributed by atoms with Gasteiger partial charge in [0, 0.05) is 3.57 Å². The molecule has 0 unspecified atom stereocenters. The van der Waals surface area contributed by atoms with E-state index < -0.39 is 0 Å². The number of hydrogen-bond acceptors (Lipinski definition) is 3. The van der Waals surface area contributed by atoms with Crippen LogP contribution in [0.3, 0.4) is 0 Å². The molecule has 0 fully saturated rings. The molecule has 0 aliphatic heterocycles. The first-order valence-electron chi connectivity index (χ1n) is 5.67. The number of benzene rings is 1. The van der Waals surface area contributed by atoms with E-state index in [0.717, 1.165) is 16.4 Å². The van der Waals surface area contributed by atoms with Crippen LogP contribution in [0.5, 0.6) is 11.5 Å². The molecule has 1 aromatic rings. The summed E-state index contributed by atoms with van der Waals surface area (Å²) in [6, 6.07) is 5.52. The summed E-state index contributed by atoms with van der Waals surface area (Å²) in [6.07, 6.45) is 1.59. The minimum atomic E-state index is -0.185. The van der Waals surface area contributed by atoms with E-state index in [1.165, 1.54) is 0 Å². The van der Waals surface area contributed by atoms with Gasteiger partial charge < -0.3 is 9.47 Å². The van der Waals surface area contributed by atoms with Crippen molar-refractivity contribution in [1.29, 1.82) is 0 Å². The summed E-state index contributed by atoms with van der Waals surface area (Å²) in [5.74, 6) is 0.855. The van der Waals surface area contributed by atoms with E-state index in [4.69, 9.17) is 9.47 Å². The Balaban J connectivity index is 2.86. The molecule has 0 saturated heterocycles. The molecule has 1 aromatic carbocycles. The zero-order valence-electron chi connectivity index (χ0n) is 10.3. The monoisotopic (exact) mass is 348 g/mol. The highest BCUT2D eigenvalue weighted by atomic mass is 127. The molecule has 1 rings (SSSR count). The number of rotatable bonds is 5. The number of ether oxygens (including phenoxy) is 2. The molecule has 0 aromatic heterocycles. The molecule has 0 aliphatic carbocycles. The van der Waals surface area contributed by atoms with Crippen molar-refractivity contribution in [2.45, 2.75) is 26.7 Å². The van der Waals surface area contributed by atoms with Crippen LogP contribution in [0.1, 0.15) is 26.7 Å². The van der Waals surface area contributed by atoms with Gasteiger partial charge in [0.1, 0.15) is 0 Å². The maximum absolute atomic E-state index is 11.9. The standard InChI is InChI=1S/C13H17IO3/c1-4-9(5-2)13(15)17-12-8-10(14)6-7-11(12)16-3/h6-9H,4-5H2,1-3H3. The van der Waals surface area contributed by atoms with E-state index in [2.05, 4.69) is 22.6 Å². The highest BCUT2D eigenvalue weighted by Gasteiger charge is 2.18. The molecule has 0 N–H and O–H groups in total. The zero-order valence-corrected chi connectivity index (χ0v) is 12.5. The van der Waals surface area contributed by atoms with E-state index in [-0.39, 0.29) is 11.9 Å². The fraction of sp³-hybridized carbons (Fsp3) is 0.462. The van der Waals surface area contributed by atoms with Gasteiger partial charge in [0.25, 0.3) is 0 Å². The summed E-state index contributed by atoms with van der Waals surface area (Å²) in [7, 11) is 1.57. The van der Waals surface area contributed by atoms with Gasteiger partial charge in [-0.05, 0) is 53.6 Å². The van der Waals surface area contributed by atoms with Crippen molar-refractivity contribution >= 4 is 28.6 Å². The van der Waals surface area contributed by atoms with Crippen molar-refractivity contribution in [1.82, 2.24) is 0 Å². The normalized spacial score (nSPS) is 10.4. The molecule has 17 heavy (non-hydrogen) atoms. The zero-order chi connectivity index (χ0) is 12.8. The van der Waals surface area contributed by atoms with Gasteiger partial charge in [0.15, 0.2) is 11.5 Å². The second-order valence-corrected chi connectivity index (χ2v) is 4.98.